The Morgan fingerprint density at radius 2 is 1.38 bits per heavy atom. The van der Waals surface area contributed by atoms with Crippen molar-refractivity contribution in [2.75, 3.05) is 0 Å². The normalized spacial score (nSPS) is 17.9. The van der Waals surface area contributed by atoms with Gasteiger partial charge < -0.3 is 39.7 Å². The molecule has 0 amide bonds. The molecule has 2 aliphatic rings. The van der Waals surface area contributed by atoms with Crippen molar-refractivity contribution in [1.29, 1.82) is 0 Å². The Hall–Kier alpha value is -1.21. The zero-order valence-electron chi connectivity index (χ0n) is 28.7. The summed E-state index contributed by atoms with van der Waals surface area (Å²) in [6, 6.07) is 5.51. The first kappa shape index (κ1) is 44.8. The standard InChI is InChI=1S/C34H38N4O6.Cu.3Na/c1-7-19-15(3)23-12-25-17(5)21(9-10-29(39)40)32(37-25)22(11-30(41)42)33-31(34(43)44)18(6)26(38-33)14-28-20(8-2)16(4)24(36-28)13-27(19)35-23;;;;/h7,12-15,18-19,31H,1,8-11H2,2-6H3,(H5,35,36,37,38,39,40,41,42,43,44);;;;/q;+2;3*+1/p-5. The molecule has 10 nitrogen and oxygen atoms in total. The zero-order chi connectivity index (χ0) is 32.0. The van der Waals surface area contributed by atoms with Crippen molar-refractivity contribution in [3.63, 3.8) is 0 Å². The monoisotopic (exact) mass is 725 g/mol. The average Bonchev–Trinajstić information content (AvgIpc) is 3.63. The molecule has 1 radical (unpaired) electrons. The molecule has 14 heteroatoms. The number of fused-ring (bicyclic) bond motifs is 8. The van der Waals surface area contributed by atoms with E-state index in [1.165, 1.54) is 0 Å². The quantitative estimate of drug-likeness (QED) is 0.160. The number of aliphatic carboxylic acids is 3. The molecule has 0 fully saturated rings. The van der Waals surface area contributed by atoms with Gasteiger partial charge in [-0.15, -0.1) is 28.6 Å². The molecule has 5 rings (SSSR count). The smallest absolute Gasteiger partial charge is 0.657 e. The number of carbonyl (C=O) groups excluding carboxylic acids is 3. The number of allylic oxidation sites excluding steroid dienone is 1. The number of nitrogens with zero attached hydrogens (tertiary/aromatic N) is 4. The van der Waals surface area contributed by atoms with Crippen LogP contribution in [0.3, 0.4) is 0 Å². The summed E-state index contributed by atoms with van der Waals surface area (Å²) < 4.78 is 0. The van der Waals surface area contributed by atoms with Gasteiger partial charge in [0.15, 0.2) is 0 Å². The second kappa shape index (κ2) is 18.3. The molecule has 48 heavy (non-hydrogen) atoms. The van der Waals surface area contributed by atoms with Crippen LogP contribution in [0.1, 0.15) is 101 Å². The molecule has 8 bridgehead atoms. The molecule has 4 atom stereocenters. The Bertz CT molecular complexity index is 1890. The van der Waals surface area contributed by atoms with Crippen LogP contribution in [0.2, 0.25) is 0 Å². The molecule has 2 aliphatic heterocycles. The molecular weight excluding hydrogens is 693 g/mol. The van der Waals surface area contributed by atoms with Gasteiger partial charge >= 0.3 is 106 Å². The van der Waals surface area contributed by atoms with E-state index in [1.54, 1.807) is 26.0 Å². The SMILES string of the molecule is C=CC1c2cc3[n-]c(cc4nc(c(CC(=O)[O-])c5[n-]c(cc(n2)C1C)c(C)c5CCC(=O)[O-])C(C(=O)[O-])C4C)c(CC)c3C.[Cu+2].[Na+].[Na+].[Na+]. The van der Waals surface area contributed by atoms with Gasteiger partial charge in [-0.05, 0) is 38.7 Å². The molecule has 3 aromatic heterocycles. The van der Waals surface area contributed by atoms with Crippen molar-refractivity contribution in [3.05, 3.63) is 81.4 Å². The Kier molecular flexibility index (Phi) is 17.1. The van der Waals surface area contributed by atoms with Crippen molar-refractivity contribution < 1.29 is 135 Å². The summed E-state index contributed by atoms with van der Waals surface area (Å²) in [5, 5.41) is 36.2. The molecule has 4 unspecified atom stereocenters. The summed E-state index contributed by atoms with van der Waals surface area (Å²) in [6.45, 7) is 13.5. The summed E-state index contributed by atoms with van der Waals surface area (Å²) in [6.07, 6.45) is 1.48. The predicted octanol–water partition coefficient (Wildman–Crippen LogP) is -7.55. The fourth-order valence-electron chi connectivity index (χ4n) is 6.56. The van der Waals surface area contributed by atoms with Gasteiger partial charge in [0.2, 0.25) is 0 Å². The van der Waals surface area contributed by atoms with Gasteiger partial charge in [-0.2, -0.15) is 0 Å². The van der Waals surface area contributed by atoms with E-state index in [1.807, 2.05) is 32.9 Å². The molecule has 0 saturated carbocycles. The van der Waals surface area contributed by atoms with Crippen LogP contribution in [0, 0.1) is 13.8 Å². The van der Waals surface area contributed by atoms with Gasteiger partial charge in [0.1, 0.15) is 0 Å². The third-order valence-corrected chi connectivity index (χ3v) is 9.07. The van der Waals surface area contributed by atoms with Crippen LogP contribution < -0.4 is 114 Å². The van der Waals surface area contributed by atoms with Crippen molar-refractivity contribution >= 4 is 40.0 Å². The number of carboxylic acid groups (broad SMARTS) is 3. The number of aromatic nitrogens is 4. The minimum atomic E-state index is -1.46. The van der Waals surface area contributed by atoms with E-state index in [2.05, 4.69) is 6.58 Å². The Labute approximate surface area is 356 Å². The number of carbonyl (C=O) groups is 3. The predicted molar refractivity (Wildman–Crippen MR) is 157 cm³/mol. The van der Waals surface area contributed by atoms with Crippen LogP contribution in [-0.2, 0) is 50.7 Å². The summed E-state index contributed by atoms with van der Waals surface area (Å²) in [4.78, 5) is 55.5. The fourth-order valence-corrected chi connectivity index (χ4v) is 6.56. The number of rotatable bonds is 8. The van der Waals surface area contributed by atoms with Gasteiger partial charge in [-0.25, -0.2) is 0 Å². The third kappa shape index (κ3) is 8.62. The zero-order valence-corrected chi connectivity index (χ0v) is 35.6. The van der Waals surface area contributed by atoms with Crippen LogP contribution in [-0.4, -0.2) is 27.9 Å². The number of carboxylic acids is 3. The molecule has 239 valence electrons. The van der Waals surface area contributed by atoms with E-state index < -0.39 is 36.2 Å². The maximum Gasteiger partial charge on any atom is 2.00 e. The second-order valence-electron chi connectivity index (χ2n) is 11.6. The van der Waals surface area contributed by atoms with E-state index in [-0.39, 0.29) is 147 Å². The van der Waals surface area contributed by atoms with Gasteiger partial charge in [0.25, 0.3) is 0 Å². The molecule has 0 aliphatic carbocycles. The topological polar surface area (TPSA) is 174 Å². The first-order valence-corrected chi connectivity index (χ1v) is 14.7. The van der Waals surface area contributed by atoms with E-state index in [0.717, 1.165) is 28.0 Å². The summed E-state index contributed by atoms with van der Waals surface area (Å²) in [5.41, 5.74) is 7.04. The maximum absolute atomic E-state index is 12.6. The fraction of sp³-hybridized carbons (Fsp3) is 0.382. The van der Waals surface area contributed by atoms with E-state index in [9.17, 15) is 29.7 Å². The van der Waals surface area contributed by atoms with E-state index >= 15 is 0 Å². The van der Waals surface area contributed by atoms with Crippen LogP contribution >= 0.6 is 0 Å². The molecule has 0 aromatic carbocycles. The Morgan fingerprint density at radius 3 is 1.94 bits per heavy atom. The molecule has 0 spiro atoms. The van der Waals surface area contributed by atoms with Crippen LogP contribution in [0.15, 0.2) is 30.9 Å². The first-order valence-electron chi connectivity index (χ1n) is 14.7. The summed E-state index contributed by atoms with van der Waals surface area (Å²) >= 11 is 0. The van der Waals surface area contributed by atoms with E-state index in [4.69, 9.17) is 19.9 Å². The molecule has 5 heterocycles. The minimum Gasteiger partial charge on any atom is -0.657 e. The maximum atomic E-state index is 12.6. The molecule has 0 N–H and O–H groups in total. The van der Waals surface area contributed by atoms with Crippen LogP contribution in [0.4, 0.5) is 0 Å². The molecule has 3 aromatic rings. The van der Waals surface area contributed by atoms with Gasteiger partial charge in [0.05, 0.1) is 11.7 Å². The largest absolute Gasteiger partial charge is 2.00 e. The average molecular weight is 726 g/mol. The van der Waals surface area contributed by atoms with Crippen molar-refractivity contribution in [3.8, 4) is 0 Å². The molecule has 0 saturated heterocycles. The third-order valence-electron chi connectivity index (χ3n) is 9.07. The van der Waals surface area contributed by atoms with E-state index in [0.29, 0.717) is 34.3 Å². The first-order chi connectivity index (χ1) is 20.9. The molecular formula is C34H33CuN4Na3O6. The van der Waals surface area contributed by atoms with Gasteiger partial charge in [-0.1, -0.05) is 67.3 Å². The number of aryl methyl sites for hydroxylation is 4. The van der Waals surface area contributed by atoms with Crippen molar-refractivity contribution in [1.82, 2.24) is 19.9 Å². The number of hydrogen-bond acceptors (Lipinski definition) is 8. The van der Waals surface area contributed by atoms with Crippen molar-refractivity contribution in [2.45, 2.75) is 84.0 Å². The second-order valence-corrected chi connectivity index (χ2v) is 11.6. The Morgan fingerprint density at radius 1 is 0.812 bits per heavy atom. The van der Waals surface area contributed by atoms with Crippen LogP contribution in [0.5, 0.6) is 0 Å². The van der Waals surface area contributed by atoms with Gasteiger partial charge in [-0.3, -0.25) is 9.97 Å². The van der Waals surface area contributed by atoms with Crippen molar-refractivity contribution in [2.24, 2.45) is 0 Å². The van der Waals surface area contributed by atoms with Crippen LogP contribution in [0.25, 0.3) is 22.1 Å². The Balaban J connectivity index is 0.00000288. The summed E-state index contributed by atoms with van der Waals surface area (Å²) in [7, 11) is 0. The minimum absolute atomic E-state index is 0. The summed E-state index contributed by atoms with van der Waals surface area (Å²) in [5.74, 6) is -6.28. The van der Waals surface area contributed by atoms with Gasteiger partial charge in [0, 0.05) is 59.1 Å². The number of hydrogen-bond donors (Lipinski definition) is 0.